The van der Waals surface area contributed by atoms with E-state index >= 15 is 0 Å². The van der Waals surface area contributed by atoms with Crippen LogP contribution in [0, 0.1) is 0 Å². The summed E-state index contributed by atoms with van der Waals surface area (Å²) in [6, 6.07) is 34.5. The van der Waals surface area contributed by atoms with Crippen LogP contribution in [0.25, 0.3) is 0 Å². The minimum atomic E-state index is -0.791. The lowest BCUT2D eigenvalue weighted by molar-refractivity contribution is 0.0882. The first-order valence-corrected chi connectivity index (χ1v) is 12.0. The molecule has 0 aliphatic rings. The van der Waals surface area contributed by atoms with E-state index in [0.29, 0.717) is 42.4 Å². The molecule has 0 saturated heterocycles. The summed E-state index contributed by atoms with van der Waals surface area (Å²) in [5.74, 6) is 1.19. The number of ether oxygens (including phenoxy) is 2. The highest BCUT2D eigenvalue weighted by atomic mass is 16.5. The van der Waals surface area contributed by atoms with Gasteiger partial charge in [0.25, 0.3) is 0 Å². The van der Waals surface area contributed by atoms with Crippen molar-refractivity contribution in [2.75, 3.05) is 20.1 Å². The van der Waals surface area contributed by atoms with Gasteiger partial charge in [0.15, 0.2) is 17.3 Å². The number of nitrogens with zero attached hydrogens (tertiary/aromatic N) is 1. The largest absolute Gasteiger partial charge is 0.485 e. The van der Waals surface area contributed by atoms with Crippen LogP contribution in [0.1, 0.15) is 33.2 Å². The Balaban J connectivity index is 1.45. The highest BCUT2D eigenvalue weighted by molar-refractivity contribution is 5.97. The van der Waals surface area contributed by atoms with Crippen molar-refractivity contribution >= 4 is 5.78 Å². The van der Waals surface area contributed by atoms with Crippen LogP contribution < -0.4 is 9.47 Å². The summed E-state index contributed by atoms with van der Waals surface area (Å²) in [4.78, 5) is 14.3. The van der Waals surface area contributed by atoms with E-state index < -0.39 is 6.10 Å². The second-order valence-corrected chi connectivity index (χ2v) is 8.76. The lowest BCUT2D eigenvalue weighted by Crippen LogP contribution is -2.30. The maximum atomic E-state index is 12.5. The van der Waals surface area contributed by atoms with Crippen LogP contribution in [0.2, 0.25) is 0 Å². The van der Waals surface area contributed by atoms with E-state index in [-0.39, 0.29) is 12.3 Å². The summed E-state index contributed by atoms with van der Waals surface area (Å²) in [5.41, 5.74) is 3.46. The molecule has 184 valence electrons. The number of aliphatic hydroxyl groups is 1. The minimum Gasteiger partial charge on any atom is -0.485 e. The molecule has 0 amide bonds. The van der Waals surface area contributed by atoms with Gasteiger partial charge in [0.05, 0.1) is 12.6 Å². The van der Waals surface area contributed by atoms with Gasteiger partial charge in [-0.2, -0.15) is 0 Å². The molecule has 0 fully saturated rings. The van der Waals surface area contributed by atoms with Crippen molar-refractivity contribution in [2.45, 2.75) is 19.3 Å². The molecule has 5 heteroatoms. The fraction of sp³-hybridized carbons (Fsp3) is 0.194. The predicted octanol–water partition coefficient (Wildman–Crippen LogP) is 5.69. The van der Waals surface area contributed by atoms with Crippen molar-refractivity contribution in [3.05, 3.63) is 131 Å². The standard InChI is InChI=1S/C31H31NO4/c1-32(20-28(33)26-15-9-4-10-16-26)21-29(34)27-17-18-30(35-22-24-11-5-2-6-12-24)31(19-27)36-23-25-13-7-3-8-14-25/h2-19,29,34H,20-23H2,1H3/t29-/m0/s1. The number of Topliss-reactive ketones (excluding diaryl/α,β-unsaturated/α-hetero) is 1. The fourth-order valence-corrected chi connectivity index (χ4v) is 3.86. The molecular formula is C31H31NO4. The summed E-state index contributed by atoms with van der Waals surface area (Å²) >= 11 is 0. The second-order valence-electron chi connectivity index (χ2n) is 8.76. The van der Waals surface area contributed by atoms with Crippen molar-refractivity contribution in [3.8, 4) is 11.5 Å². The normalized spacial score (nSPS) is 11.8. The highest BCUT2D eigenvalue weighted by Crippen LogP contribution is 2.32. The molecule has 0 aromatic heterocycles. The summed E-state index contributed by atoms with van der Waals surface area (Å²) in [6.07, 6.45) is -0.791. The summed E-state index contributed by atoms with van der Waals surface area (Å²) < 4.78 is 12.2. The SMILES string of the molecule is CN(CC(=O)c1ccccc1)C[C@H](O)c1ccc(OCc2ccccc2)c(OCc2ccccc2)c1. The average Bonchev–Trinajstić information content (AvgIpc) is 2.92. The van der Waals surface area contributed by atoms with Crippen LogP contribution in [0.15, 0.2) is 109 Å². The Hall–Kier alpha value is -3.93. The number of aliphatic hydroxyl groups excluding tert-OH is 1. The van der Waals surface area contributed by atoms with E-state index in [4.69, 9.17) is 9.47 Å². The number of carbonyl (C=O) groups excluding carboxylic acids is 1. The number of rotatable bonds is 12. The Morgan fingerprint density at radius 2 is 1.28 bits per heavy atom. The topological polar surface area (TPSA) is 59.0 Å². The first-order chi connectivity index (χ1) is 17.6. The molecule has 1 atom stereocenters. The zero-order chi connectivity index (χ0) is 25.2. The molecule has 1 N–H and O–H groups in total. The van der Waals surface area contributed by atoms with Gasteiger partial charge in [-0.15, -0.1) is 0 Å². The zero-order valence-corrected chi connectivity index (χ0v) is 20.4. The fourth-order valence-electron chi connectivity index (χ4n) is 3.86. The highest BCUT2D eigenvalue weighted by Gasteiger charge is 2.17. The Labute approximate surface area is 212 Å². The van der Waals surface area contributed by atoms with Crippen molar-refractivity contribution in [1.29, 1.82) is 0 Å². The van der Waals surface area contributed by atoms with E-state index in [9.17, 15) is 9.90 Å². The predicted molar refractivity (Wildman–Crippen MR) is 141 cm³/mol. The van der Waals surface area contributed by atoms with Crippen molar-refractivity contribution in [2.24, 2.45) is 0 Å². The Bertz CT molecular complexity index is 1230. The van der Waals surface area contributed by atoms with Crippen LogP contribution in [0.4, 0.5) is 0 Å². The molecular weight excluding hydrogens is 450 g/mol. The van der Waals surface area contributed by atoms with Gasteiger partial charge in [-0.05, 0) is 35.9 Å². The quantitative estimate of drug-likeness (QED) is 0.263. The van der Waals surface area contributed by atoms with E-state index in [1.165, 1.54) is 0 Å². The maximum absolute atomic E-state index is 12.5. The monoisotopic (exact) mass is 481 g/mol. The molecule has 4 rings (SSSR count). The Morgan fingerprint density at radius 1 is 0.750 bits per heavy atom. The van der Waals surface area contributed by atoms with Crippen molar-refractivity contribution in [3.63, 3.8) is 0 Å². The molecule has 0 radical (unpaired) electrons. The number of hydrogen-bond acceptors (Lipinski definition) is 5. The van der Waals surface area contributed by atoms with Gasteiger partial charge in [0, 0.05) is 12.1 Å². The van der Waals surface area contributed by atoms with Crippen molar-refractivity contribution < 1.29 is 19.4 Å². The van der Waals surface area contributed by atoms with Crippen LogP contribution in [-0.4, -0.2) is 35.9 Å². The lowest BCUT2D eigenvalue weighted by atomic mass is 10.1. The molecule has 0 saturated carbocycles. The van der Waals surface area contributed by atoms with Gasteiger partial charge < -0.3 is 14.6 Å². The third kappa shape index (κ3) is 7.28. The number of carbonyl (C=O) groups is 1. The van der Waals surface area contributed by atoms with E-state index in [2.05, 4.69) is 0 Å². The third-order valence-corrected chi connectivity index (χ3v) is 5.82. The summed E-state index contributed by atoms with van der Waals surface area (Å²) in [6.45, 7) is 1.32. The van der Waals surface area contributed by atoms with Gasteiger partial charge in [0.2, 0.25) is 0 Å². The summed E-state index contributed by atoms with van der Waals surface area (Å²) in [5, 5.41) is 10.9. The molecule has 0 aliphatic carbocycles. The van der Waals surface area contributed by atoms with Gasteiger partial charge in [-0.1, -0.05) is 97.1 Å². The molecule has 0 unspecified atom stereocenters. The van der Waals surface area contributed by atoms with Crippen LogP contribution in [0.3, 0.4) is 0 Å². The van der Waals surface area contributed by atoms with Crippen LogP contribution in [0.5, 0.6) is 11.5 Å². The zero-order valence-electron chi connectivity index (χ0n) is 20.4. The van der Waals surface area contributed by atoms with Gasteiger partial charge in [0.1, 0.15) is 13.2 Å². The molecule has 0 heterocycles. The van der Waals surface area contributed by atoms with Crippen LogP contribution in [-0.2, 0) is 13.2 Å². The Kier molecular flexibility index (Phi) is 8.87. The van der Waals surface area contributed by atoms with E-state index in [1.54, 1.807) is 12.1 Å². The smallest absolute Gasteiger partial charge is 0.176 e. The maximum Gasteiger partial charge on any atom is 0.176 e. The molecule has 5 nitrogen and oxygen atoms in total. The van der Waals surface area contributed by atoms with Gasteiger partial charge in [-0.3, -0.25) is 9.69 Å². The molecule has 0 aliphatic heterocycles. The number of benzene rings is 4. The van der Waals surface area contributed by atoms with Gasteiger partial charge >= 0.3 is 0 Å². The number of ketones is 1. The third-order valence-electron chi connectivity index (χ3n) is 5.82. The molecule has 4 aromatic carbocycles. The van der Waals surface area contributed by atoms with Crippen molar-refractivity contribution in [1.82, 2.24) is 4.90 Å². The first kappa shape index (κ1) is 25.2. The molecule has 0 spiro atoms. The molecule has 4 aromatic rings. The second kappa shape index (κ2) is 12.7. The van der Waals surface area contributed by atoms with Gasteiger partial charge in [-0.25, -0.2) is 0 Å². The number of likely N-dealkylation sites (N-methyl/N-ethyl adjacent to an activating group) is 1. The summed E-state index contributed by atoms with van der Waals surface area (Å²) in [7, 11) is 1.83. The van der Waals surface area contributed by atoms with E-state index in [0.717, 1.165) is 11.1 Å². The average molecular weight is 482 g/mol. The van der Waals surface area contributed by atoms with E-state index in [1.807, 2.05) is 109 Å². The molecule has 36 heavy (non-hydrogen) atoms. The minimum absolute atomic E-state index is 0.0156. The number of hydrogen-bond donors (Lipinski definition) is 1. The first-order valence-electron chi connectivity index (χ1n) is 12.0. The van der Waals surface area contributed by atoms with Crippen LogP contribution >= 0.6 is 0 Å². The Morgan fingerprint density at radius 3 is 1.86 bits per heavy atom. The molecule has 0 bridgehead atoms. The lowest BCUT2D eigenvalue weighted by Gasteiger charge is -2.21.